The number of hydrogen-bond acceptors (Lipinski definition) is 6. The van der Waals surface area contributed by atoms with Gasteiger partial charge in [0.1, 0.15) is 0 Å². The number of rotatable bonds is 3. The fraction of sp³-hybridized carbons (Fsp3) is 0.364. The average molecular weight is 269 g/mol. The molecule has 0 bridgehead atoms. The molecule has 1 rings (SSSR count). The van der Waals surface area contributed by atoms with Crippen LogP contribution in [0.3, 0.4) is 0 Å². The lowest BCUT2D eigenvalue weighted by atomic mass is 10.5. The van der Waals surface area contributed by atoms with Gasteiger partial charge in [0.05, 0.1) is 12.4 Å². The zero-order valence-electron chi connectivity index (χ0n) is 9.48. The van der Waals surface area contributed by atoms with E-state index in [1.165, 1.54) is 18.3 Å². The number of nitrogens with zero attached hydrogens (tertiary/aromatic N) is 1. The number of aromatic nitrogens is 1. The van der Waals surface area contributed by atoms with Crippen LogP contribution in [0.2, 0.25) is 0 Å². The molecule has 1 heterocycles. The van der Waals surface area contributed by atoms with Gasteiger partial charge in [-0.05, 0) is 12.8 Å². The molecule has 90 valence electrons. The summed E-state index contributed by atoms with van der Waals surface area (Å²) in [5.41, 5.74) is 0.278. The van der Waals surface area contributed by atoms with Crippen molar-refractivity contribution in [3.63, 3.8) is 0 Å². The Morgan fingerprint density at radius 2 is 2.35 bits per heavy atom. The van der Waals surface area contributed by atoms with E-state index in [-0.39, 0.29) is 10.8 Å². The van der Waals surface area contributed by atoms with E-state index in [1.807, 2.05) is 0 Å². The van der Waals surface area contributed by atoms with Crippen molar-refractivity contribution in [2.75, 3.05) is 12.4 Å². The number of carbonyl (C=O) groups excluding carboxylic acids is 2. The topological polar surface area (TPSA) is 56.3 Å². The smallest absolute Gasteiger partial charge is 0.357 e. The molecular weight excluding hydrogens is 258 g/mol. The van der Waals surface area contributed by atoms with E-state index in [2.05, 4.69) is 16.8 Å². The summed E-state index contributed by atoms with van der Waals surface area (Å²) in [4.78, 5) is 26.0. The first-order valence-electron chi connectivity index (χ1n) is 4.88. The van der Waals surface area contributed by atoms with Gasteiger partial charge in [0.2, 0.25) is 0 Å². The van der Waals surface area contributed by atoms with Gasteiger partial charge >= 0.3 is 5.97 Å². The van der Waals surface area contributed by atoms with Gasteiger partial charge in [0.15, 0.2) is 15.8 Å². The number of esters is 1. The highest BCUT2D eigenvalue weighted by molar-refractivity contribution is 8.13. The first-order chi connectivity index (χ1) is 8.13. The molecule has 0 atom stereocenters. The van der Waals surface area contributed by atoms with Crippen LogP contribution in [-0.4, -0.2) is 28.4 Å². The second kappa shape index (κ2) is 7.09. The molecule has 0 unspecified atom stereocenters. The van der Waals surface area contributed by atoms with Crippen molar-refractivity contribution in [1.82, 2.24) is 4.98 Å². The van der Waals surface area contributed by atoms with Crippen molar-refractivity contribution >= 4 is 34.2 Å². The minimum atomic E-state index is -0.435. The van der Waals surface area contributed by atoms with Gasteiger partial charge in [0, 0.05) is 12.3 Å². The molecule has 0 radical (unpaired) electrons. The van der Waals surface area contributed by atoms with Crippen LogP contribution in [0, 0.1) is 11.8 Å². The monoisotopic (exact) mass is 269 g/mol. The van der Waals surface area contributed by atoms with E-state index in [1.54, 1.807) is 12.3 Å². The molecule has 0 saturated carbocycles. The third-order valence-corrected chi connectivity index (χ3v) is 2.98. The van der Waals surface area contributed by atoms with Gasteiger partial charge in [0.25, 0.3) is 0 Å². The number of thioether (sulfide) groups is 1. The Kier molecular flexibility index (Phi) is 5.73. The first kappa shape index (κ1) is 13.7. The van der Waals surface area contributed by atoms with Crippen LogP contribution >= 0.6 is 23.1 Å². The molecule has 6 heteroatoms. The summed E-state index contributed by atoms with van der Waals surface area (Å²) >= 11 is 2.43. The van der Waals surface area contributed by atoms with Crippen molar-refractivity contribution in [2.24, 2.45) is 0 Å². The SMILES string of the molecule is CCOC(=O)c1csc(C#CCSC(C)=O)n1. The van der Waals surface area contributed by atoms with E-state index in [4.69, 9.17) is 4.74 Å². The fourth-order valence-corrected chi connectivity index (χ4v) is 1.88. The maximum absolute atomic E-state index is 11.3. The normalized spacial score (nSPS) is 9.29. The Morgan fingerprint density at radius 1 is 1.59 bits per heavy atom. The second-order valence-corrected chi connectivity index (χ2v) is 4.85. The third-order valence-electron chi connectivity index (χ3n) is 1.53. The molecule has 1 aromatic heterocycles. The van der Waals surface area contributed by atoms with Crippen molar-refractivity contribution in [3.8, 4) is 11.8 Å². The molecule has 0 spiro atoms. The molecule has 0 fully saturated rings. The van der Waals surface area contributed by atoms with Crippen LogP contribution in [-0.2, 0) is 9.53 Å². The summed E-state index contributed by atoms with van der Waals surface area (Å²) in [5, 5.41) is 2.20. The van der Waals surface area contributed by atoms with E-state index < -0.39 is 5.97 Å². The molecule has 1 aromatic rings. The van der Waals surface area contributed by atoms with E-state index >= 15 is 0 Å². The summed E-state index contributed by atoms with van der Waals surface area (Å²) in [6.45, 7) is 3.56. The molecule has 0 aliphatic heterocycles. The van der Waals surface area contributed by atoms with Crippen molar-refractivity contribution in [1.29, 1.82) is 0 Å². The minimum absolute atomic E-state index is 0.0330. The Morgan fingerprint density at radius 3 is 3.00 bits per heavy atom. The standard InChI is InChI=1S/C11H11NO3S2/c1-3-15-11(14)9-7-17-10(12-9)5-4-6-16-8(2)13/h7H,3,6H2,1-2H3. The number of thiazole rings is 1. The maximum atomic E-state index is 11.3. The Bertz CT molecular complexity index is 471. The van der Waals surface area contributed by atoms with Crippen LogP contribution in [0.25, 0.3) is 0 Å². The van der Waals surface area contributed by atoms with Crippen molar-refractivity contribution in [2.45, 2.75) is 13.8 Å². The minimum Gasteiger partial charge on any atom is -0.461 e. The predicted octanol–water partition coefficient (Wildman–Crippen LogP) is 1.95. The molecule has 0 aromatic carbocycles. The van der Waals surface area contributed by atoms with Gasteiger partial charge < -0.3 is 4.74 Å². The first-order valence-corrected chi connectivity index (χ1v) is 6.75. The fourth-order valence-electron chi connectivity index (χ4n) is 0.879. The average Bonchev–Trinajstić information content (AvgIpc) is 2.73. The summed E-state index contributed by atoms with van der Waals surface area (Å²) in [5.74, 6) is 5.60. The van der Waals surface area contributed by atoms with Crippen molar-refractivity contribution < 1.29 is 14.3 Å². The summed E-state index contributed by atoms with van der Waals surface area (Å²) < 4.78 is 4.81. The molecule has 4 nitrogen and oxygen atoms in total. The number of hydrogen-bond donors (Lipinski definition) is 0. The second-order valence-electron chi connectivity index (χ2n) is 2.84. The zero-order valence-corrected chi connectivity index (χ0v) is 11.1. The predicted molar refractivity (Wildman–Crippen MR) is 68.1 cm³/mol. The van der Waals surface area contributed by atoms with Crippen LogP contribution in [0.5, 0.6) is 0 Å². The van der Waals surface area contributed by atoms with Crippen molar-refractivity contribution in [3.05, 3.63) is 16.1 Å². The summed E-state index contributed by atoms with van der Waals surface area (Å²) in [6, 6.07) is 0. The summed E-state index contributed by atoms with van der Waals surface area (Å²) in [6.07, 6.45) is 0. The molecule has 0 aliphatic rings. The largest absolute Gasteiger partial charge is 0.461 e. The van der Waals surface area contributed by atoms with Crippen LogP contribution in [0.4, 0.5) is 0 Å². The van der Waals surface area contributed by atoms with E-state index in [0.29, 0.717) is 17.4 Å². The highest BCUT2D eigenvalue weighted by Crippen LogP contribution is 2.09. The van der Waals surface area contributed by atoms with Gasteiger partial charge in [-0.15, -0.1) is 11.3 Å². The van der Waals surface area contributed by atoms with Gasteiger partial charge in [-0.2, -0.15) is 0 Å². The Hall–Kier alpha value is -1.32. The van der Waals surface area contributed by atoms with Gasteiger partial charge in [-0.1, -0.05) is 17.7 Å². The number of carbonyl (C=O) groups is 2. The van der Waals surface area contributed by atoms with Gasteiger partial charge in [-0.25, -0.2) is 9.78 Å². The van der Waals surface area contributed by atoms with Gasteiger partial charge in [-0.3, -0.25) is 4.79 Å². The lowest BCUT2D eigenvalue weighted by Crippen LogP contribution is -2.04. The van der Waals surface area contributed by atoms with Crippen LogP contribution in [0.1, 0.15) is 29.3 Å². The zero-order chi connectivity index (χ0) is 12.7. The third kappa shape index (κ3) is 5.02. The van der Waals surface area contributed by atoms with Crippen LogP contribution in [0.15, 0.2) is 5.38 Å². The Balaban J connectivity index is 2.56. The van der Waals surface area contributed by atoms with E-state index in [0.717, 1.165) is 11.8 Å². The molecule has 0 amide bonds. The molecule has 0 aliphatic carbocycles. The highest BCUT2D eigenvalue weighted by atomic mass is 32.2. The van der Waals surface area contributed by atoms with Crippen LogP contribution < -0.4 is 0 Å². The highest BCUT2D eigenvalue weighted by Gasteiger charge is 2.09. The lowest BCUT2D eigenvalue weighted by Gasteiger charge is -1.95. The molecule has 0 saturated heterocycles. The molecular formula is C11H11NO3S2. The van der Waals surface area contributed by atoms with E-state index in [9.17, 15) is 9.59 Å². The Labute approximate surface area is 108 Å². The molecule has 17 heavy (non-hydrogen) atoms. The number of ether oxygens (including phenoxy) is 1. The maximum Gasteiger partial charge on any atom is 0.357 e. The quantitative estimate of drug-likeness (QED) is 0.620. The summed E-state index contributed by atoms with van der Waals surface area (Å²) in [7, 11) is 0. The molecule has 0 N–H and O–H groups in total. The lowest BCUT2D eigenvalue weighted by molar-refractivity contribution is -0.109.